The maximum absolute atomic E-state index is 10.9. The Balaban J connectivity index is 0. The molecule has 1 aliphatic rings. The minimum absolute atomic E-state index is 0. The lowest BCUT2D eigenvalue weighted by Gasteiger charge is -2.03. The summed E-state index contributed by atoms with van der Waals surface area (Å²) >= 11 is 0. The Morgan fingerprint density at radius 2 is 2.27 bits per heavy atom. The molecule has 1 saturated heterocycles. The second-order valence-electron chi connectivity index (χ2n) is 2.30. The minimum Gasteiger partial charge on any atom is -0.359 e. The molecule has 1 rings (SSSR count). The lowest BCUT2D eigenvalue weighted by Crippen LogP contribution is -2.28. The number of rotatable bonds is 1. The van der Waals surface area contributed by atoms with Crippen LogP contribution in [0.15, 0.2) is 0 Å². The number of nitrogens with one attached hydrogen (secondary N) is 2. The Morgan fingerprint density at radius 1 is 1.64 bits per heavy atom. The van der Waals surface area contributed by atoms with E-state index in [4.69, 9.17) is 0 Å². The molecular weight excluding hydrogens is 164 g/mol. The zero-order chi connectivity index (χ0) is 6.69. The van der Waals surface area contributed by atoms with Gasteiger partial charge in [0.1, 0.15) is 0 Å². The SMILES string of the molecule is C.CNC(=O)[C@H]1CCNC1.Cl. The molecule has 1 amide bonds. The molecule has 0 unspecified atom stereocenters. The third kappa shape index (κ3) is 3.58. The summed E-state index contributed by atoms with van der Waals surface area (Å²) in [5, 5.41) is 5.75. The van der Waals surface area contributed by atoms with Gasteiger partial charge < -0.3 is 10.6 Å². The summed E-state index contributed by atoms with van der Waals surface area (Å²) in [5.41, 5.74) is 0. The van der Waals surface area contributed by atoms with E-state index >= 15 is 0 Å². The van der Waals surface area contributed by atoms with Crippen molar-refractivity contribution in [3.05, 3.63) is 0 Å². The van der Waals surface area contributed by atoms with Gasteiger partial charge in [0.25, 0.3) is 0 Å². The van der Waals surface area contributed by atoms with Crippen LogP contribution < -0.4 is 10.6 Å². The number of halogens is 1. The fourth-order valence-corrected chi connectivity index (χ4v) is 1.08. The molecule has 3 nitrogen and oxygen atoms in total. The van der Waals surface area contributed by atoms with Crippen LogP contribution in [0.1, 0.15) is 13.8 Å². The Hall–Kier alpha value is -0.280. The van der Waals surface area contributed by atoms with Gasteiger partial charge in [0, 0.05) is 13.6 Å². The quantitative estimate of drug-likeness (QED) is 0.614. The fourth-order valence-electron chi connectivity index (χ4n) is 1.08. The first-order valence-corrected chi connectivity index (χ1v) is 3.27. The van der Waals surface area contributed by atoms with Crippen molar-refractivity contribution in [1.29, 1.82) is 0 Å². The van der Waals surface area contributed by atoms with Crippen LogP contribution in [0.2, 0.25) is 0 Å². The molecule has 1 heterocycles. The van der Waals surface area contributed by atoms with Crippen LogP contribution in [0.3, 0.4) is 0 Å². The fraction of sp³-hybridized carbons (Fsp3) is 0.857. The second kappa shape index (κ2) is 6.43. The predicted octanol–water partition coefficient (Wildman–Crippen LogP) is 0.400. The van der Waals surface area contributed by atoms with Gasteiger partial charge in [-0.1, -0.05) is 7.43 Å². The minimum atomic E-state index is 0. The molecule has 0 aromatic carbocycles. The summed E-state index contributed by atoms with van der Waals surface area (Å²) in [7, 11) is 1.68. The third-order valence-corrected chi connectivity index (χ3v) is 1.68. The molecule has 0 aromatic heterocycles. The maximum atomic E-state index is 10.9. The third-order valence-electron chi connectivity index (χ3n) is 1.68. The van der Waals surface area contributed by atoms with Crippen LogP contribution in [0.25, 0.3) is 0 Å². The van der Waals surface area contributed by atoms with Gasteiger partial charge in [0.05, 0.1) is 5.92 Å². The number of amides is 1. The van der Waals surface area contributed by atoms with Gasteiger partial charge >= 0.3 is 0 Å². The van der Waals surface area contributed by atoms with E-state index in [1.807, 2.05) is 0 Å². The molecule has 1 atom stereocenters. The van der Waals surface area contributed by atoms with E-state index in [1.54, 1.807) is 7.05 Å². The van der Waals surface area contributed by atoms with E-state index < -0.39 is 0 Å². The molecule has 0 spiro atoms. The number of hydrogen-bond acceptors (Lipinski definition) is 2. The highest BCUT2D eigenvalue weighted by molar-refractivity contribution is 5.85. The Kier molecular flexibility index (Phi) is 7.79. The van der Waals surface area contributed by atoms with Crippen molar-refractivity contribution in [2.45, 2.75) is 13.8 Å². The van der Waals surface area contributed by atoms with Gasteiger partial charge in [-0.3, -0.25) is 4.79 Å². The van der Waals surface area contributed by atoms with Gasteiger partial charge in [0.15, 0.2) is 0 Å². The zero-order valence-corrected chi connectivity index (χ0v) is 6.83. The zero-order valence-electron chi connectivity index (χ0n) is 6.02. The predicted molar refractivity (Wildman–Crippen MR) is 49.0 cm³/mol. The molecule has 11 heavy (non-hydrogen) atoms. The molecule has 0 radical (unpaired) electrons. The van der Waals surface area contributed by atoms with Crippen LogP contribution in [-0.4, -0.2) is 26.0 Å². The number of carbonyl (C=O) groups excluding carboxylic acids is 1. The summed E-state index contributed by atoms with van der Waals surface area (Å²) in [6.07, 6.45) is 0.986. The highest BCUT2D eigenvalue weighted by atomic mass is 35.5. The van der Waals surface area contributed by atoms with E-state index in [0.29, 0.717) is 0 Å². The second-order valence-corrected chi connectivity index (χ2v) is 2.30. The highest BCUT2D eigenvalue weighted by Crippen LogP contribution is 2.05. The molecule has 0 bridgehead atoms. The standard InChI is InChI=1S/C6H12N2O.CH4.ClH/c1-7-6(9)5-2-3-8-4-5;;/h5,8H,2-4H2,1H3,(H,7,9);1H4;1H/t5-;;/m0../s1. The molecule has 2 N–H and O–H groups in total. The van der Waals surface area contributed by atoms with Crippen molar-refractivity contribution in [3.63, 3.8) is 0 Å². The van der Waals surface area contributed by atoms with E-state index in [2.05, 4.69) is 10.6 Å². The van der Waals surface area contributed by atoms with Crippen LogP contribution in [0.4, 0.5) is 0 Å². The number of hydrogen-bond donors (Lipinski definition) is 2. The molecule has 0 aromatic rings. The van der Waals surface area contributed by atoms with Gasteiger partial charge in [-0.2, -0.15) is 0 Å². The summed E-state index contributed by atoms with van der Waals surface area (Å²) in [4.78, 5) is 10.9. The molecule has 0 aliphatic carbocycles. The smallest absolute Gasteiger partial charge is 0.224 e. The summed E-state index contributed by atoms with van der Waals surface area (Å²) in [6.45, 7) is 1.83. The molecular formula is C7H17ClN2O. The van der Waals surface area contributed by atoms with E-state index in [-0.39, 0.29) is 31.7 Å². The molecule has 0 saturated carbocycles. The average molecular weight is 181 g/mol. The van der Waals surface area contributed by atoms with Gasteiger partial charge in [-0.15, -0.1) is 12.4 Å². The number of carbonyl (C=O) groups is 1. The van der Waals surface area contributed by atoms with Crippen LogP contribution in [-0.2, 0) is 4.79 Å². The summed E-state index contributed by atoms with van der Waals surface area (Å²) in [5.74, 6) is 0.384. The van der Waals surface area contributed by atoms with Crippen molar-refractivity contribution >= 4 is 18.3 Å². The first-order valence-electron chi connectivity index (χ1n) is 3.27. The van der Waals surface area contributed by atoms with Crippen LogP contribution >= 0.6 is 12.4 Å². The summed E-state index contributed by atoms with van der Waals surface area (Å²) < 4.78 is 0. The Morgan fingerprint density at radius 3 is 2.64 bits per heavy atom. The van der Waals surface area contributed by atoms with Gasteiger partial charge in [0.2, 0.25) is 5.91 Å². The normalized spacial score (nSPS) is 21.4. The van der Waals surface area contributed by atoms with Crippen molar-refractivity contribution in [2.24, 2.45) is 5.92 Å². The lowest BCUT2D eigenvalue weighted by molar-refractivity contribution is -0.123. The molecule has 4 heteroatoms. The van der Waals surface area contributed by atoms with Gasteiger partial charge in [-0.05, 0) is 13.0 Å². The van der Waals surface area contributed by atoms with Crippen molar-refractivity contribution < 1.29 is 4.79 Å². The van der Waals surface area contributed by atoms with Crippen LogP contribution in [0.5, 0.6) is 0 Å². The first-order chi connectivity index (χ1) is 4.34. The molecule has 1 fully saturated rings. The topological polar surface area (TPSA) is 41.1 Å². The van der Waals surface area contributed by atoms with Crippen molar-refractivity contribution in [2.75, 3.05) is 20.1 Å². The van der Waals surface area contributed by atoms with Gasteiger partial charge in [-0.25, -0.2) is 0 Å². The van der Waals surface area contributed by atoms with Crippen molar-refractivity contribution in [3.8, 4) is 0 Å². The highest BCUT2D eigenvalue weighted by Gasteiger charge is 2.20. The van der Waals surface area contributed by atoms with Crippen molar-refractivity contribution in [1.82, 2.24) is 10.6 Å². The summed E-state index contributed by atoms with van der Waals surface area (Å²) in [6, 6.07) is 0. The van der Waals surface area contributed by atoms with E-state index in [0.717, 1.165) is 19.5 Å². The van der Waals surface area contributed by atoms with E-state index in [9.17, 15) is 4.79 Å². The molecule has 1 aliphatic heterocycles. The lowest BCUT2D eigenvalue weighted by atomic mass is 10.1. The first kappa shape index (κ1) is 13.3. The molecule has 68 valence electrons. The maximum Gasteiger partial charge on any atom is 0.224 e. The largest absolute Gasteiger partial charge is 0.359 e. The Labute approximate surface area is 74.3 Å². The van der Waals surface area contributed by atoms with E-state index in [1.165, 1.54) is 0 Å². The Bertz CT molecular complexity index is 113. The monoisotopic (exact) mass is 180 g/mol. The average Bonchev–Trinajstić information content (AvgIpc) is 2.37. The van der Waals surface area contributed by atoms with Crippen LogP contribution in [0, 0.1) is 5.92 Å².